The maximum absolute atomic E-state index is 6.31. The van der Waals surface area contributed by atoms with Crippen molar-refractivity contribution < 1.29 is 4.74 Å². The van der Waals surface area contributed by atoms with Gasteiger partial charge in [0.15, 0.2) is 0 Å². The number of hydrogen-bond acceptors (Lipinski definition) is 2. The van der Waals surface area contributed by atoms with Gasteiger partial charge in [-0.05, 0) is 62.6 Å². The molecule has 0 spiro atoms. The Bertz CT molecular complexity index is 484. The molecule has 0 heterocycles. The molecule has 0 bridgehead atoms. The van der Waals surface area contributed by atoms with Crippen molar-refractivity contribution >= 4 is 17.3 Å². The third-order valence-corrected chi connectivity index (χ3v) is 4.35. The zero-order valence-electron chi connectivity index (χ0n) is 13.9. The Kier molecular flexibility index (Phi) is 5.08. The molecule has 118 valence electrons. The number of rotatable bonds is 4. The number of benzene rings is 1. The predicted octanol–water partition coefficient (Wildman–Crippen LogP) is 5.75. The Balaban J connectivity index is 2.04. The minimum atomic E-state index is 0.140. The first kappa shape index (κ1) is 16.5. The van der Waals surface area contributed by atoms with E-state index in [1.54, 1.807) is 0 Å². The van der Waals surface area contributed by atoms with Gasteiger partial charge in [0.1, 0.15) is 5.75 Å². The molecule has 2 unspecified atom stereocenters. The van der Waals surface area contributed by atoms with Crippen LogP contribution in [-0.4, -0.2) is 12.1 Å². The zero-order chi connectivity index (χ0) is 15.6. The topological polar surface area (TPSA) is 21.3 Å². The Hall–Kier alpha value is -0.890. The minimum Gasteiger partial charge on any atom is -0.489 e. The maximum atomic E-state index is 6.31. The lowest BCUT2D eigenvalue weighted by molar-refractivity contribution is 0.178. The Morgan fingerprint density at radius 1 is 1.29 bits per heavy atom. The lowest BCUT2D eigenvalue weighted by Crippen LogP contribution is -2.35. The van der Waals surface area contributed by atoms with Gasteiger partial charge in [-0.1, -0.05) is 32.4 Å². The number of hydrogen-bond donors (Lipinski definition) is 1. The first-order valence-corrected chi connectivity index (χ1v) is 8.36. The van der Waals surface area contributed by atoms with Crippen LogP contribution >= 0.6 is 11.6 Å². The summed E-state index contributed by atoms with van der Waals surface area (Å²) in [6, 6.07) is 6.53. The van der Waals surface area contributed by atoms with E-state index in [1.165, 1.54) is 19.3 Å². The molecule has 21 heavy (non-hydrogen) atoms. The van der Waals surface area contributed by atoms with Crippen molar-refractivity contribution in [2.24, 2.45) is 11.3 Å². The summed E-state index contributed by atoms with van der Waals surface area (Å²) in [5.41, 5.74) is 1.51. The van der Waals surface area contributed by atoms with E-state index in [0.29, 0.717) is 16.5 Å². The number of halogens is 1. The van der Waals surface area contributed by atoms with Crippen LogP contribution in [0.15, 0.2) is 18.2 Å². The van der Waals surface area contributed by atoms with E-state index in [2.05, 4.69) is 32.2 Å². The van der Waals surface area contributed by atoms with E-state index >= 15 is 0 Å². The van der Waals surface area contributed by atoms with Gasteiger partial charge in [-0.3, -0.25) is 0 Å². The minimum absolute atomic E-state index is 0.140. The van der Waals surface area contributed by atoms with Crippen molar-refractivity contribution in [3.8, 4) is 5.75 Å². The zero-order valence-corrected chi connectivity index (χ0v) is 14.6. The predicted molar refractivity (Wildman–Crippen MR) is 91.4 cm³/mol. The largest absolute Gasteiger partial charge is 0.489 e. The summed E-state index contributed by atoms with van der Waals surface area (Å²) < 4.78 is 5.68. The summed E-state index contributed by atoms with van der Waals surface area (Å²) in [5, 5.41) is 4.33. The van der Waals surface area contributed by atoms with Crippen molar-refractivity contribution in [2.75, 3.05) is 5.32 Å². The third kappa shape index (κ3) is 4.81. The Labute approximate surface area is 134 Å². The van der Waals surface area contributed by atoms with Crippen LogP contribution in [0.3, 0.4) is 0 Å². The number of nitrogens with one attached hydrogen (secondary N) is 1. The monoisotopic (exact) mass is 309 g/mol. The molecule has 0 aliphatic heterocycles. The lowest BCUT2D eigenvalue weighted by atomic mass is 9.70. The van der Waals surface area contributed by atoms with Crippen LogP contribution in [0.2, 0.25) is 5.02 Å². The van der Waals surface area contributed by atoms with E-state index in [0.717, 1.165) is 17.4 Å². The Morgan fingerprint density at radius 3 is 2.57 bits per heavy atom. The summed E-state index contributed by atoms with van der Waals surface area (Å²) in [4.78, 5) is 0. The lowest BCUT2D eigenvalue weighted by Gasteiger charge is -2.39. The summed E-state index contributed by atoms with van der Waals surface area (Å²) in [7, 11) is 0. The van der Waals surface area contributed by atoms with Crippen molar-refractivity contribution in [1.82, 2.24) is 0 Å². The van der Waals surface area contributed by atoms with E-state index in [9.17, 15) is 0 Å². The van der Waals surface area contributed by atoms with Crippen LogP contribution in [0.5, 0.6) is 5.75 Å². The first-order valence-electron chi connectivity index (χ1n) is 7.98. The quantitative estimate of drug-likeness (QED) is 0.764. The molecule has 1 aromatic carbocycles. The fourth-order valence-electron chi connectivity index (χ4n) is 3.63. The molecular weight excluding hydrogens is 282 g/mol. The highest BCUT2D eigenvalue weighted by Crippen LogP contribution is 2.40. The van der Waals surface area contributed by atoms with Gasteiger partial charge in [-0.25, -0.2) is 0 Å². The van der Waals surface area contributed by atoms with Crippen LogP contribution in [0.4, 0.5) is 5.69 Å². The van der Waals surface area contributed by atoms with Crippen LogP contribution in [0, 0.1) is 11.3 Å². The molecule has 1 aromatic rings. The smallest absolute Gasteiger partial charge is 0.138 e. The molecule has 0 radical (unpaired) electrons. The van der Waals surface area contributed by atoms with E-state index in [1.807, 2.05) is 26.0 Å². The molecule has 2 atom stereocenters. The van der Waals surface area contributed by atoms with Gasteiger partial charge in [-0.2, -0.15) is 0 Å². The standard InChI is InChI=1S/C18H28ClNO/c1-12(2)21-17-7-6-14(9-16(17)19)20-15-8-13(3)10-18(4,5)11-15/h6-7,9,12-13,15,20H,8,10-11H2,1-5H3. The molecule has 0 aromatic heterocycles. The maximum Gasteiger partial charge on any atom is 0.138 e. The molecule has 1 saturated carbocycles. The number of anilines is 1. The molecular formula is C18H28ClNO. The van der Waals surface area contributed by atoms with Gasteiger partial charge in [0.2, 0.25) is 0 Å². The van der Waals surface area contributed by atoms with E-state index in [4.69, 9.17) is 16.3 Å². The van der Waals surface area contributed by atoms with Gasteiger partial charge in [0.05, 0.1) is 11.1 Å². The summed E-state index contributed by atoms with van der Waals surface area (Å²) >= 11 is 6.31. The third-order valence-electron chi connectivity index (χ3n) is 4.05. The highest BCUT2D eigenvalue weighted by atomic mass is 35.5. The molecule has 0 amide bonds. The van der Waals surface area contributed by atoms with Crippen molar-refractivity contribution in [3.63, 3.8) is 0 Å². The molecule has 1 aliphatic carbocycles. The molecule has 1 fully saturated rings. The summed E-state index contributed by atoms with van der Waals surface area (Å²) in [6.45, 7) is 11.1. The normalized spacial score (nSPS) is 24.9. The molecule has 3 heteroatoms. The second-order valence-corrected chi connectivity index (χ2v) is 7.97. The highest BCUT2D eigenvalue weighted by molar-refractivity contribution is 6.32. The molecule has 0 saturated heterocycles. The van der Waals surface area contributed by atoms with Crippen molar-refractivity contribution in [3.05, 3.63) is 23.2 Å². The Morgan fingerprint density at radius 2 is 2.00 bits per heavy atom. The highest BCUT2D eigenvalue weighted by Gasteiger charge is 2.31. The molecule has 1 N–H and O–H groups in total. The second-order valence-electron chi connectivity index (χ2n) is 7.57. The SMILES string of the molecule is CC1CC(Nc2ccc(OC(C)C)c(Cl)c2)CC(C)(C)C1. The molecule has 2 nitrogen and oxygen atoms in total. The molecule has 1 aliphatic rings. The van der Waals surface area contributed by atoms with Crippen LogP contribution in [-0.2, 0) is 0 Å². The summed E-state index contributed by atoms with van der Waals surface area (Å²) in [5.74, 6) is 1.53. The van der Waals surface area contributed by atoms with E-state index < -0.39 is 0 Å². The van der Waals surface area contributed by atoms with E-state index in [-0.39, 0.29) is 6.10 Å². The average molecular weight is 310 g/mol. The fraction of sp³-hybridized carbons (Fsp3) is 0.667. The van der Waals surface area contributed by atoms with Gasteiger partial charge in [-0.15, -0.1) is 0 Å². The fourth-order valence-corrected chi connectivity index (χ4v) is 3.86. The van der Waals surface area contributed by atoms with Gasteiger partial charge in [0, 0.05) is 11.7 Å². The van der Waals surface area contributed by atoms with Crippen LogP contribution in [0.25, 0.3) is 0 Å². The van der Waals surface area contributed by atoms with Gasteiger partial charge >= 0.3 is 0 Å². The van der Waals surface area contributed by atoms with Crippen molar-refractivity contribution in [2.45, 2.75) is 66.0 Å². The van der Waals surface area contributed by atoms with Crippen LogP contribution < -0.4 is 10.1 Å². The number of ether oxygens (including phenoxy) is 1. The van der Waals surface area contributed by atoms with Gasteiger partial charge in [0.25, 0.3) is 0 Å². The molecule has 2 rings (SSSR count). The average Bonchev–Trinajstić information content (AvgIpc) is 2.29. The van der Waals surface area contributed by atoms with Crippen molar-refractivity contribution in [1.29, 1.82) is 0 Å². The summed E-state index contributed by atoms with van der Waals surface area (Å²) in [6.07, 6.45) is 3.89. The second kappa shape index (κ2) is 6.48. The van der Waals surface area contributed by atoms with Crippen LogP contribution in [0.1, 0.15) is 53.9 Å². The van der Waals surface area contributed by atoms with Gasteiger partial charge < -0.3 is 10.1 Å². The first-order chi connectivity index (χ1) is 9.75.